The molecule has 12 rings (SSSR count). The van der Waals surface area contributed by atoms with Gasteiger partial charge < -0.3 is 8.83 Å². The average Bonchev–Trinajstić information content (AvgIpc) is 3.88. The van der Waals surface area contributed by atoms with E-state index < -0.39 is 0 Å². The summed E-state index contributed by atoms with van der Waals surface area (Å²) < 4.78 is 12.6. The van der Waals surface area contributed by atoms with Crippen LogP contribution in [-0.4, -0.2) is 15.0 Å². The molecule has 0 saturated carbocycles. The number of furan rings is 2. The zero-order valence-corrected chi connectivity index (χ0v) is 31.1. The van der Waals surface area contributed by atoms with Crippen molar-refractivity contribution >= 4 is 65.4 Å². The van der Waals surface area contributed by atoms with E-state index in [2.05, 4.69) is 127 Å². The van der Waals surface area contributed by atoms with Crippen molar-refractivity contribution in [3.05, 3.63) is 188 Å². The number of benzene rings is 9. The van der Waals surface area contributed by atoms with Crippen LogP contribution in [0.25, 0.3) is 122 Å². The van der Waals surface area contributed by atoms with Crippen LogP contribution in [-0.2, 0) is 0 Å². The zero-order valence-electron chi connectivity index (χ0n) is 31.1. The highest BCUT2D eigenvalue weighted by Crippen LogP contribution is 2.41. The molecule has 12 aromatic rings. The first kappa shape index (κ1) is 32.4. The summed E-state index contributed by atoms with van der Waals surface area (Å²) in [4.78, 5) is 15.7. The highest BCUT2D eigenvalue weighted by molar-refractivity contribution is 6.15. The van der Waals surface area contributed by atoms with Crippen LogP contribution >= 0.6 is 0 Å². The Labute approximate surface area is 332 Å². The van der Waals surface area contributed by atoms with Crippen LogP contribution in [0.4, 0.5) is 0 Å². The molecule has 9 aromatic carbocycles. The maximum Gasteiger partial charge on any atom is 0.164 e. The largest absolute Gasteiger partial charge is 0.456 e. The molecule has 270 valence electrons. The van der Waals surface area contributed by atoms with E-state index in [1.54, 1.807) is 0 Å². The lowest BCUT2D eigenvalue weighted by Crippen LogP contribution is -2.01. The van der Waals surface area contributed by atoms with Crippen LogP contribution in [0.1, 0.15) is 0 Å². The fourth-order valence-electron chi connectivity index (χ4n) is 8.65. The predicted octanol–water partition coefficient (Wildman–Crippen LogP) is 14.3. The molecule has 0 radical (unpaired) electrons. The number of fused-ring (bicyclic) bond motifs is 9. The summed E-state index contributed by atoms with van der Waals surface area (Å²) in [7, 11) is 0. The molecular weight excluding hydrogens is 711 g/mol. The quantitative estimate of drug-likeness (QED) is 0.164. The van der Waals surface area contributed by atoms with Gasteiger partial charge in [-0.05, 0) is 86.3 Å². The molecule has 0 spiro atoms. The second-order valence-electron chi connectivity index (χ2n) is 14.7. The van der Waals surface area contributed by atoms with Gasteiger partial charge in [0.25, 0.3) is 0 Å². The third-order valence-corrected chi connectivity index (χ3v) is 11.3. The normalized spacial score (nSPS) is 11.8. The van der Waals surface area contributed by atoms with Crippen LogP contribution in [0.15, 0.2) is 197 Å². The fourth-order valence-corrected chi connectivity index (χ4v) is 8.65. The van der Waals surface area contributed by atoms with Crippen molar-refractivity contribution in [1.29, 1.82) is 0 Å². The summed E-state index contributed by atoms with van der Waals surface area (Å²) in [6, 6.07) is 65.3. The first-order valence-corrected chi connectivity index (χ1v) is 19.4. The van der Waals surface area contributed by atoms with Crippen LogP contribution in [0.5, 0.6) is 0 Å². The van der Waals surface area contributed by atoms with Crippen molar-refractivity contribution < 1.29 is 8.83 Å². The van der Waals surface area contributed by atoms with Gasteiger partial charge in [-0.1, -0.05) is 146 Å². The SMILES string of the molecule is c1ccc(-c2cc3ccccc3c3cc(-c4cccc(-c5nc(-c6cccc7oc8ccccc8c67)nc(-c6cccc7oc8ccccc8c67)n5)c4)ccc23)cc1. The van der Waals surface area contributed by atoms with Crippen molar-refractivity contribution in [3.8, 4) is 56.4 Å². The van der Waals surface area contributed by atoms with E-state index in [9.17, 15) is 0 Å². The van der Waals surface area contributed by atoms with E-state index in [1.807, 2.05) is 60.7 Å². The van der Waals surface area contributed by atoms with E-state index in [-0.39, 0.29) is 0 Å². The Bertz CT molecular complexity index is 3450. The van der Waals surface area contributed by atoms with E-state index >= 15 is 0 Å². The molecule has 3 aromatic heterocycles. The number of hydrogen-bond donors (Lipinski definition) is 0. The second-order valence-corrected chi connectivity index (χ2v) is 14.7. The van der Waals surface area contributed by atoms with Gasteiger partial charge in [0.2, 0.25) is 0 Å². The van der Waals surface area contributed by atoms with E-state index in [0.717, 1.165) is 71.7 Å². The molecule has 0 N–H and O–H groups in total. The van der Waals surface area contributed by atoms with Gasteiger partial charge in [-0.25, -0.2) is 15.0 Å². The maximum atomic E-state index is 6.31. The summed E-state index contributed by atoms with van der Waals surface area (Å²) in [5, 5.41) is 8.85. The average molecular weight is 742 g/mol. The lowest BCUT2D eigenvalue weighted by atomic mass is 9.91. The molecule has 58 heavy (non-hydrogen) atoms. The summed E-state index contributed by atoms with van der Waals surface area (Å²) in [6.07, 6.45) is 0. The molecule has 3 heterocycles. The first-order chi connectivity index (χ1) is 28.7. The monoisotopic (exact) mass is 741 g/mol. The fraction of sp³-hybridized carbons (Fsp3) is 0. The molecule has 5 heteroatoms. The Morgan fingerprint density at radius 2 is 0.793 bits per heavy atom. The zero-order chi connectivity index (χ0) is 38.2. The second kappa shape index (κ2) is 12.8. The van der Waals surface area contributed by atoms with Gasteiger partial charge >= 0.3 is 0 Å². The smallest absolute Gasteiger partial charge is 0.164 e. The van der Waals surface area contributed by atoms with Crippen molar-refractivity contribution in [2.75, 3.05) is 0 Å². The highest BCUT2D eigenvalue weighted by Gasteiger charge is 2.21. The van der Waals surface area contributed by atoms with Gasteiger partial charge in [-0.2, -0.15) is 0 Å². The minimum atomic E-state index is 0.568. The van der Waals surface area contributed by atoms with Crippen LogP contribution in [0.3, 0.4) is 0 Å². The number of para-hydroxylation sites is 2. The summed E-state index contributed by atoms with van der Waals surface area (Å²) in [5.74, 6) is 1.71. The van der Waals surface area contributed by atoms with Crippen LogP contribution in [0, 0.1) is 0 Å². The molecule has 0 unspecified atom stereocenters. The van der Waals surface area contributed by atoms with Gasteiger partial charge in [0, 0.05) is 38.2 Å². The van der Waals surface area contributed by atoms with Crippen LogP contribution < -0.4 is 0 Å². The molecule has 0 aliphatic heterocycles. The topological polar surface area (TPSA) is 65.0 Å². The Kier molecular flexibility index (Phi) is 7.16. The van der Waals surface area contributed by atoms with Gasteiger partial charge in [-0.15, -0.1) is 0 Å². The minimum absolute atomic E-state index is 0.568. The Morgan fingerprint density at radius 3 is 1.48 bits per heavy atom. The summed E-state index contributed by atoms with van der Waals surface area (Å²) in [5.41, 5.74) is 10.5. The van der Waals surface area contributed by atoms with Crippen molar-refractivity contribution in [3.63, 3.8) is 0 Å². The van der Waals surface area contributed by atoms with E-state index in [0.29, 0.717) is 17.5 Å². The maximum absolute atomic E-state index is 6.31. The highest BCUT2D eigenvalue weighted by atomic mass is 16.3. The molecule has 0 bridgehead atoms. The van der Waals surface area contributed by atoms with E-state index in [4.69, 9.17) is 23.8 Å². The third kappa shape index (κ3) is 5.14. The predicted molar refractivity (Wildman–Crippen MR) is 237 cm³/mol. The molecule has 0 amide bonds. The summed E-state index contributed by atoms with van der Waals surface area (Å²) in [6.45, 7) is 0. The number of hydrogen-bond acceptors (Lipinski definition) is 5. The molecule has 0 fully saturated rings. The van der Waals surface area contributed by atoms with Gasteiger partial charge in [0.05, 0.1) is 0 Å². The van der Waals surface area contributed by atoms with Crippen molar-refractivity contribution in [1.82, 2.24) is 15.0 Å². The Morgan fingerprint density at radius 1 is 0.276 bits per heavy atom. The standard InChI is InChI=1S/C53H31N3O2/c1-2-13-32(14-3-1)43-31-35-15-4-5-18-37(35)44-30-34(27-28-38(43)44)33-16-10-17-36(29-33)51-54-52(41-21-11-25-47-49(41)39-19-6-8-23-45(39)57-47)56-53(55-51)42-22-12-26-48-50(42)40-20-7-9-24-46(40)58-48/h1-31H. The van der Waals surface area contributed by atoms with E-state index in [1.165, 1.54) is 32.7 Å². The van der Waals surface area contributed by atoms with Crippen LogP contribution in [0.2, 0.25) is 0 Å². The molecular formula is C53H31N3O2. The lowest BCUT2D eigenvalue weighted by molar-refractivity contribution is 0.668. The number of nitrogens with zero attached hydrogens (tertiary/aromatic N) is 3. The third-order valence-electron chi connectivity index (χ3n) is 11.3. The Balaban J connectivity index is 1.07. The number of rotatable bonds is 5. The molecule has 0 atom stereocenters. The minimum Gasteiger partial charge on any atom is -0.456 e. The number of aromatic nitrogens is 3. The van der Waals surface area contributed by atoms with Gasteiger partial charge in [-0.3, -0.25) is 0 Å². The first-order valence-electron chi connectivity index (χ1n) is 19.4. The molecule has 0 aliphatic rings. The Hall–Kier alpha value is -7.89. The lowest BCUT2D eigenvalue weighted by Gasteiger charge is -2.14. The van der Waals surface area contributed by atoms with Gasteiger partial charge in [0.15, 0.2) is 17.5 Å². The van der Waals surface area contributed by atoms with Crippen molar-refractivity contribution in [2.45, 2.75) is 0 Å². The molecule has 0 aliphatic carbocycles. The van der Waals surface area contributed by atoms with Crippen molar-refractivity contribution in [2.24, 2.45) is 0 Å². The molecule has 5 nitrogen and oxygen atoms in total. The molecule has 0 saturated heterocycles. The summed E-state index contributed by atoms with van der Waals surface area (Å²) >= 11 is 0. The van der Waals surface area contributed by atoms with Gasteiger partial charge in [0.1, 0.15) is 22.3 Å².